The summed E-state index contributed by atoms with van der Waals surface area (Å²) in [6.07, 6.45) is 3.46. The van der Waals surface area contributed by atoms with Gasteiger partial charge in [0.05, 0.1) is 43.8 Å². The fraction of sp³-hybridized carbons (Fsp3) is 0.115. The maximum Gasteiger partial charge on any atom is 0.134 e. The number of nitrogens with one attached hydrogen (secondary N) is 1. The standard InChI is InChI=1S/C26H24N6O/c1-27-21-12-11-19(13-18(21)15-32-17-30-22-8-4-5-9-24(22)32)31-26-14-23(28-16-29-26)20-7-3-6-10-25(20)33-2/h3-14,16-17,27H,15H2,1-2H3,(H,28,29,31)/p+1. The van der Waals surface area contributed by atoms with Gasteiger partial charge in [0, 0.05) is 28.9 Å². The molecule has 0 bridgehead atoms. The number of hydrogen-bond acceptors (Lipinski definition) is 5. The molecule has 0 radical (unpaired) electrons. The number of quaternary nitrogens is 1. The molecule has 7 nitrogen and oxygen atoms in total. The van der Waals surface area contributed by atoms with Crippen molar-refractivity contribution in [2.45, 2.75) is 6.54 Å². The van der Waals surface area contributed by atoms with Gasteiger partial charge in [0.2, 0.25) is 0 Å². The van der Waals surface area contributed by atoms with Crippen molar-refractivity contribution in [3.05, 3.63) is 91.0 Å². The van der Waals surface area contributed by atoms with E-state index in [0.717, 1.165) is 46.1 Å². The zero-order valence-electron chi connectivity index (χ0n) is 18.6. The molecule has 0 spiro atoms. The fourth-order valence-electron chi connectivity index (χ4n) is 4.00. The molecule has 164 valence electrons. The zero-order chi connectivity index (χ0) is 22.6. The van der Waals surface area contributed by atoms with Crippen molar-refractivity contribution < 1.29 is 10.1 Å². The zero-order valence-corrected chi connectivity index (χ0v) is 18.6. The predicted octanol–water partition coefficient (Wildman–Crippen LogP) is 4.12. The van der Waals surface area contributed by atoms with Crippen molar-refractivity contribution in [1.29, 1.82) is 0 Å². The van der Waals surface area contributed by atoms with Gasteiger partial charge in [0.15, 0.2) is 0 Å². The third kappa shape index (κ3) is 4.26. The number of nitrogens with zero attached hydrogens (tertiary/aromatic N) is 4. The largest absolute Gasteiger partial charge is 0.496 e. The second-order valence-corrected chi connectivity index (χ2v) is 7.68. The molecule has 7 heteroatoms. The number of imidazole rings is 1. The molecule has 0 aliphatic heterocycles. The lowest BCUT2D eigenvalue weighted by atomic mass is 10.1. The smallest absolute Gasteiger partial charge is 0.134 e. The van der Waals surface area contributed by atoms with E-state index in [1.165, 1.54) is 11.3 Å². The highest BCUT2D eigenvalue weighted by molar-refractivity contribution is 5.75. The first-order valence-electron chi connectivity index (χ1n) is 10.8. The van der Waals surface area contributed by atoms with Crippen molar-refractivity contribution in [3.8, 4) is 17.0 Å². The number of anilines is 2. The van der Waals surface area contributed by atoms with Crippen LogP contribution in [0.3, 0.4) is 0 Å². The van der Waals surface area contributed by atoms with Crippen molar-refractivity contribution in [3.63, 3.8) is 0 Å². The molecule has 2 aromatic heterocycles. The van der Waals surface area contributed by atoms with Crippen LogP contribution in [0, 0.1) is 0 Å². The Morgan fingerprint density at radius 1 is 0.939 bits per heavy atom. The molecule has 0 atom stereocenters. The molecule has 5 aromatic rings. The second kappa shape index (κ2) is 9.10. The monoisotopic (exact) mass is 437 g/mol. The minimum atomic E-state index is 0.721. The van der Waals surface area contributed by atoms with Gasteiger partial charge in [-0.15, -0.1) is 0 Å². The van der Waals surface area contributed by atoms with Crippen molar-refractivity contribution in [2.75, 3.05) is 19.5 Å². The summed E-state index contributed by atoms with van der Waals surface area (Å²) < 4.78 is 7.66. The molecule has 3 N–H and O–H groups in total. The van der Waals surface area contributed by atoms with Crippen LogP contribution in [0.1, 0.15) is 5.56 Å². The van der Waals surface area contributed by atoms with Crippen molar-refractivity contribution >= 4 is 28.2 Å². The molecule has 0 fully saturated rings. The van der Waals surface area contributed by atoms with Crippen LogP contribution >= 0.6 is 0 Å². The van der Waals surface area contributed by atoms with Gasteiger partial charge in [-0.1, -0.05) is 24.3 Å². The fourth-order valence-corrected chi connectivity index (χ4v) is 4.00. The Bertz CT molecular complexity index is 1410. The Morgan fingerprint density at radius 2 is 1.79 bits per heavy atom. The Kier molecular flexibility index (Phi) is 5.70. The minimum Gasteiger partial charge on any atom is -0.496 e. The summed E-state index contributed by atoms with van der Waals surface area (Å²) in [6.45, 7) is 0.728. The van der Waals surface area contributed by atoms with E-state index in [9.17, 15) is 0 Å². The average Bonchev–Trinajstić information content (AvgIpc) is 3.27. The number of methoxy groups -OCH3 is 1. The third-order valence-corrected chi connectivity index (χ3v) is 5.64. The van der Waals surface area contributed by atoms with Gasteiger partial charge in [0.25, 0.3) is 0 Å². The Hall–Kier alpha value is -4.23. The Labute approximate surface area is 192 Å². The number of fused-ring (bicyclic) bond motifs is 1. The molecular weight excluding hydrogens is 412 g/mol. The van der Waals surface area contributed by atoms with Gasteiger partial charge in [-0.2, -0.15) is 0 Å². The first-order valence-corrected chi connectivity index (χ1v) is 10.8. The molecule has 0 aliphatic carbocycles. The lowest BCUT2D eigenvalue weighted by Crippen LogP contribution is -2.73. The van der Waals surface area contributed by atoms with E-state index >= 15 is 0 Å². The van der Waals surface area contributed by atoms with Gasteiger partial charge >= 0.3 is 0 Å². The summed E-state index contributed by atoms with van der Waals surface area (Å²) in [5, 5.41) is 5.56. The van der Waals surface area contributed by atoms with Gasteiger partial charge in [-0.25, -0.2) is 15.0 Å². The molecular formula is C26H25N6O+. The first kappa shape index (κ1) is 20.7. The first-order chi connectivity index (χ1) is 16.2. The van der Waals surface area contributed by atoms with Crippen LogP contribution in [0.2, 0.25) is 0 Å². The number of para-hydroxylation sites is 3. The summed E-state index contributed by atoms with van der Waals surface area (Å²) in [5.41, 5.74) is 7.20. The number of aromatic nitrogens is 4. The van der Waals surface area contributed by atoms with E-state index in [1.54, 1.807) is 13.4 Å². The van der Waals surface area contributed by atoms with E-state index in [2.05, 4.69) is 61.5 Å². The Morgan fingerprint density at radius 3 is 2.67 bits per heavy atom. The van der Waals surface area contributed by atoms with Gasteiger partial charge in [0.1, 0.15) is 23.6 Å². The van der Waals surface area contributed by atoms with Crippen molar-refractivity contribution in [1.82, 2.24) is 19.5 Å². The van der Waals surface area contributed by atoms with Gasteiger partial charge < -0.3 is 19.9 Å². The van der Waals surface area contributed by atoms with Crippen LogP contribution in [0.4, 0.5) is 17.2 Å². The lowest BCUT2D eigenvalue weighted by Gasteiger charge is -2.12. The Balaban J connectivity index is 1.44. The second-order valence-electron chi connectivity index (χ2n) is 7.68. The molecule has 2 heterocycles. The lowest BCUT2D eigenvalue weighted by molar-refractivity contribution is -0.540. The van der Waals surface area contributed by atoms with Crippen molar-refractivity contribution in [2.24, 2.45) is 0 Å². The van der Waals surface area contributed by atoms with E-state index in [-0.39, 0.29) is 0 Å². The molecule has 0 saturated heterocycles. The number of rotatable bonds is 7. The summed E-state index contributed by atoms with van der Waals surface area (Å²) in [4.78, 5) is 13.4. The molecule has 3 aromatic carbocycles. The van der Waals surface area contributed by atoms with Gasteiger partial charge in [-0.05, 0) is 36.4 Å². The summed E-state index contributed by atoms with van der Waals surface area (Å²) in [6, 6.07) is 24.3. The molecule has 0 unspecified atom stereocenters. The van der Waals surface area contributed by atoms with Crippen LogP contribution in [0.25, 0.3) is 22.3 Å². The number of benzene rings is 3. The number of nitrogens with two attached hydrogens (primary N) is 1. The highest BCUT2D eigenvalue weighted by Crippen LogP contribution is 2.30. The van der Waals surface area contributed by atoms with E-state index < -0.39 is 0 Å². The van der Waals surface area contributed by atoms with E-state index in [1.807, 2.05) is 54.9 Å². The third-order valence-electron chi connectivity index (χ3n) is 5.64. The highest BCUT2D eigenvalue weighted by Gasteiger charge is 2.11. The average molecular weight is 438 g/mol. The maximum atomic E-state index is 5.49. The summed E-state index contributed by atoms with van der Waals surface area (Å²) in [7, 11) is 3.72. The topological polar surface area (TPSA) is 81.5 Å². The molecule has 0 saturated carbocycles. The van der Waals surface area contributed by atoms with Crippen LogP contribution in [-0.4, -0.2) is 33.7 Å². The number of ether oxygens (including phenoxy) is 1. The minimum absolute atomic E-state index is 0.721. The molecule has 33 heavy (non-hydrogen) atoms. The predicted molar refractivity (Wildman–Crippen MR) is 130 cm³/mol. The highest BCUT2D eigenvalue weighted by atomic mass is 16.5. The van der Waals surface area contributed by atoms with E-state index in [0.29, 0.717) is 0 Å². The molecule has 0 aliphatic rings. The normalized spacial score (nSPS) is 11.0. The van der Waals surface area contributed by atoms with Gasteiger partial charge in [-0.3, -0.25) is 0 Å². The maximum absolute atomic E-state index is 5.49. The van der Waals surface area contributed by atoms with Crippen LogP contribution in [-0.2, 0) is 6.54 Å². The summed E-state index contributed by atoms with van der Waals surface area (Å²) in [5.74, 6) is 1.50. The van der Waals surface area contributed by atoms with Crippen LogP contribution in [0.5, 0.6) is 5.75 Å². The molecule has 5 rings (SSSR count). The molecule has 0 amide bonds. The van der Waals surface area contributed by atoms with Crippen LogP contribution < -0.4 is 15.4 Å². The SMILES string of the molecule is C[NH2+]c1ccc(Nc2cc(-c3ccccc3OC)ncn2)cc1Cn1cnc2ccccc21. The van der Waals surface area contributed by atoms with Crippen LogP contribution in [0.15, 0.2) is 85.5 Å². The number of hydrogen-bond donors (Lipinski definition) is 2. The van der Waals surface area contributed by atoms with E-state index in [4.69, 9.17) is 4.74 Å². The quantitative estimate of drug-likeness (QED) is 0.375. The summed E-state index contributed by atoms with van der Waals surface area (Å²) >= 11 is 0.